The maximum Gasteiger partial charge on any atom is 0.161 e. The second kappa shape index (κ2) is 8.29. The third-order valence-corrected chi connectivity index (χ3v) is 3.15. The van der Waals surface area contributed by atoms with Gasteiger partial charge >= 0.3 is 0 Å². The van der Waals surface area contributed by atoms with Crippen molar-refractivity contribution in [2.24, 2.45) is 5.10 Å². The van der Waals surface area contributed by atoms with Crippen LogP contribution >= 0.6 is 11.6 Å². The van der Waals surface area contributed by atoms with E-state index in [1.807, 2.05) is 42.5 Å². The van der Waals surface area contributed by atoms with Gasteiger partial charge in [-0.15, -0.1) is 0 Å². The lowest BCUT2D eigenvalue weighted by atomic mass is 10.2. The zero-order chi connectivity index (χ0) is 15.8. The molecule has 0 saturated heterocycles. The molecule has 2 aromatic carbocycles. The number of methoxy groups -OCH3 is 1. The van der Waals surface area contributed by atoms with Crippen molar-refractivity contribution >= 4 is 23.5 Å². The summed E-state index contributed by atoms with van der Waals surface area (Å²) in [7, 11) is 1.63. The fourth-order valence-electron chi connectivity index (χ4n) is 1.80. The molecule has 0 unspecified atom stereocenters. The summed E-state index contributed by atoms with van der Waals surface area (Å²) in [6, 6.07) is 13.0. The largest absolute Gasteiger partial charge is 0.493 e. The van der Waals surface area contributed by atoms with Crippen LogP contribution in [0, 0.1) is 0 Å². The molecule has 1 N–H and O–H groups in total. The van der Waals surface area contributed by atoms with Gasteiger partial charge in [0.2, 0.25) is 0 Å². The van der Waals surface area contributed by atoms with Crippen molar-refractivity contribution in [3.63, 3.8) is 0 Å². The molecule has 2 rings (SSSR count). The molecular formula is C17H19ClN2O2. The highest BCUT2D eigenvalue weighted by Crippen LogP contribution is 2.27. The Bertz CT molecular complexity index is 627. The lowest BCUT2D eigenvalue weighted by molar-refractivity contribution is 0.294. The second-order valence-electron chi connectivity index (χ2n) is 4.64. The fraction of sp³-hybridized carbons (Fsp3) is 0.235. The molecule has 0 bridgehead atoms. The number of benzene rings is 2. The molecule has 4 nitrogen and oxygen atoms in total. The van der Waals surface area contributed by atoms with E-state index in [9.17, 15) is 0 Å². The van der Waals surface area contributed by atoms with E-state index >= 15 is 0 Å². The lowest BCUT2D eigenvalue weighted by Gasteiger charge is -2.10. The van der Waals surface area contributed by atoms with Crippen molar-refractivity contribution in [1.29, 1.82) is 0 Å². The standard InChI is InChI=1S/C17H19ClN2O2/c1-3-10-22-16-9-4-13(11-17(16)21-2)12-19-20-15-7-5-14(18)6-8-15/h4-9,11-12,20H,3,10H2,1-2H3/b19-12+. The van der Waals surface area contributed by atoms with Crippen molar-refractivity contribution in [2.45, 2.75) is 13.3 Å². The topological polar surface area (TPSA) is 42.8 Å². The Morgan fingerprint density at radius 3 is 2.59 bits per heavy atom. The van der Waals surface area contributed by atoms with E-state index in [4.69, 9.17) is 21.1 Å². The quantitative estimate of drug-likeness (QED) is 0.600. The van der Waals surface area contributed by atoms with Gasteiger partial charge < -0.3 is 9.47 Å². The Balaban J connectivity index is 2.02. The Labute approximate surface area is 135 Å². The van der Waals surface area contributed by atoms with Gasteiger partial charge in [-0.3, -0.25) is 5.43 Å². The average Bonchev–Trinajstić information content (AvgIpc) is 2.55. The number of hydrogen-bond acceptors (Lipinski definition) is 4. The number of nitrogens with zero attached hydrogens (tertiary/aromatic N) is 1. The maximum atomic E-state index is 5.83. The van der Waals surface area contributed by atoms with Crippen molar-refractivity contribution in [2.75, 3.05) is 19.1 Å². The van der Waals surface area contributed by atoms with Crippen molar-refractivity contribution in [3.8, 4) is 11.5 Å². The first kappa shape index (κ1) is 16.2. The van der Waals surface area contributed by atoms with Gasteiger partial charge in [0.1, 0.15) is 0 Å². The van der Waals surface area contributed by atoms with E-state index < -0.39 is 0 Å². The predicted molar refractivity (Wildman–Crippen MR) is 91.4 cm³/mol. The molecule has 22 heavy (non-hydrogen) atoms. The average molecular weight is 319 g/mol. The number of hydrazone groups is 1. The van der Waals surface area contributed by atoms with E-state index in [0.717, 1.165) is 23.4 Å². The van der Waals surface area contributed by atoms with Crippen LogP contribution in [-0.4, -0.2) is 19.9 Å². The SMILES string of the molecule is CCCOc1ccc(/C=N/Nc2ccc(Cl)cc2)cc1OC. The summed E-state index contributed by atoms with van der Waals surface area (Å²) >= 11 is 5.83. The Morgan fingerprint density at radius 1 is 1.14 bits per heavy atom. The van der Waals surface area contributed by atoms with Crippen LogP contribution in [0.5, 0.6) is 11.5 Å². The maximum absolute atomic E-state index is 5.83. The highest BCUT2D eigenvalue weighted by molar-refractivity contribution is 6.30. The van der Waals surface area contributed by atoms with Crippen LogP contribution in [0.1, 0.15) is 18.9 Å². The molecule has 0 aliphatic carbocycles. The minimum Gasteiger partial charge on any atom is -0.493 e. The third-order valence-electron chi connectivity index (χ3n) is 2.90. The predicted octanol–water partition coefficient (Wildman–Crippen LogP) is 4.58. The summed E-state index contributed by atoms with van der Waals surface area (Å²) in [6.45, 7) is 2.73. The minimum atomic E-state index is 0.669. The monoisotopic (exact) mass is 318 g/mol. The molecule has 0 saturated carbocycles. The number of nitrogens with one attached hydrogen (secondary N) is 1. The third kappa shape index (κ3) is 4.67. The van der Waals surface area contributed by atoms with E-state index in [1.54, 1.807) is 13.3 Å². The van der Waals surface area contributed by atoms with Crippen molar-refractivity contribution in [3.05, 3.63) is 53.1 Å². The second-order valence-corrected chi connectivity index (χ2v) is 5.07. The first-order valence-electron chi connectivity index (χ1n) is 7.08. The van der Waals surface area contributed by atoms with Crippen molar-refractivity contribution < 1.29 is 9.47 Å². The summed E-state index contributed by atoms with van der Waals surface area (Å²) in [6.07, 6.45) is 2.68. The van der Waals surface area contributed by atoms with Crippen LogP contribution in [0.15, 0.2) is 47.6 Å². The van der Waals surface area contributed by atoms with E-state index in [0.29, 0.717) is 17.4 Å². The van der Waals surface area contributed by atoms with Crippen LogP contribution < -0.4 is 14.9 Å². The normalized spacial score (nSPS) is 10.7. The van der Waals surface area contributed by atoms with E-state index in [-0.39, 0.29) is 0 Å². The smallest absolute Gasteiger partial charge is 0.161 e. The molecule has 0 amide bonds. The molecule has 0 fully saturated rings. The van der Waals surface area contributed by atoms with Crippen LogP contribution in [-0.2, 0) is 0 Å². The van der Waals surface area contributed by atoms with Crippen LogP contribution in [0.2, 0.25) is 5.02 Å². The first-order valence-corrected chi connectivity index (χ1v) is 7.46. The number of ether oxygens (including phenoxy) is 2. The first-order chi connectivity index (χ1) is 10.7. The van der Waals surface area contributed by atoms with Crippen LogP contribution in [0.3, 0.4) is 0 Å². The van der Waals surface area contributed by atoms with Crippen LogP contribution in [0.4, 0.5) is 5.69 Å². The molecule has 116 valence electrons. The van der Waals surface area contributed by atoms with Crippen LogP contribution in [0.25, 0.3) is 0 Å². The Hall–Kier alpha value is -2.20. The van der Waals surface area contributed by atoms with Gasteiger partial charge in [0.05, 0.1) is 25.6 Å². The van der Waals surface area contributed by atoms with Gasteiger partial charge in [0.15, 0.2) is 11.5 Å². The fourth-order valence-corrected chi connectivity index (χ4v) is 1.93. The summed E-state index contributed by atoms with van der Waals surface area (Å²) in [5, 5.41) is 4.89. The lowest BCUT2D eigenvalue weighted by Crippen LogP contribution is -1.98. The molecule has 0 aromatic heterocycles. The van der Waals surface area contributed by atoms with Gasteiger partial charge in [-0.25, -0.2) is 0 Å². The molecule has 0 atom stereocenters. The molecule has 0 heterocycles. The minimum absolute atomic E-state index is 0.669. The summed E-state index contributed by atoms with van der Waals surface area (Å²) in [5.74, 6) is 1.44. The number of rotatable bonds is 7. The molecule has 5 heteroatoms. The van der Waals surface area contributed by atoms with E-state index in [1.165, 1.54) is 0 Å². The van der Waals surface area contributed by atoms with Gasteiger partial charge in [-0.2, -0.15) is 5.10 Å². The number of halogens is 1. The van der Waals surface area contributed by atoms with Gasteiger partial charge in [0, 0.05) is 5.02 Å². The van der Waals surface area contributed by atoms with E-state index in [2.05, 4.69) is 17.5 Å². The van der Waals surface area contributed by atoms with Crippen molar-refractivity contribution in [1.82, 2.24) is 0 Å². The Morgan fingerprint density at radius 2 is 1.91 bits per heavy atom. The molecule has 0 radical (unpaired) electrons. The number of hydrogen-bond donors (Lipinski definition) is 1. The molecule has 2 aromatic rings. The highest BCUT2D eigenvalue weighted by Gasteiger charge is 2.04. The Kier molecular flexibility index (Phi) is 6.10. The molecule has 0 aliphatic heterocycles. The zero-order valence-electron chi connectivity index (χ0n) is 12.7. The zero-order valence-corrected chi connectivity index (χ0v) is 13.4. The van der Waals surface area contributed by atoms with Gasteiger partial charge in [-0.05, 0) is 54.4 Å². The summed E-state index contributed by atoms with van der Waals surface area (Å²) < 4.78 is 11.0. The molecule has 0 aliphatic rings. The van der Waals surface area contributed by atoms with Gasteiger partial charge in [0.25, 0.3) is 0 Å². The highest BCUT2D eigenvalue weighted by atomic mass is 35.5. The summed E-state index contributed by atoms with van der Waals surface area (Å²) in [4.78, 5) is 0. The molecular weight excluding hydrogens is 300 g/mol. The molecule has 0 spiro atoms. The van der Waals surface area contributed by atoms with Gasteiger partial charge in [-0.1, -0.05) is 18.5 Å². The summed E-state index contributed by atoms with van der Waals surface area (Å²) in [5.41, 5.74) is 4.73. The number of anilines is 1.